The van der Waals surface area contributed by atoms with Crippen molar-refractivity contribution < 1.29 is 0 Å². The third kappa shape index (κ3) is 4.97. The second-order valence-corrected chi connectivity index (χ2v) is 2.29. The molecule has 0 radical (unpaired) electrons. The lowest BCUT2D eigenvalue weighted by molar-refractivity contribution is 0.840. The van der Waals surface area contributed by atoms with Crippen molar-refractivity contribution in [3.8, 4) is 0 Å². The Morgan fingerprint density at radius 2 is 1.20 bits per heavy atom. The minimum absolute atomic E-state index is 0.708. The van der Waals surface area contributed by atoms with Crippen molar-refractivity contribution in [2.24, 2.45) is 0 Å². The van der Waals surface area contributed by atoms with E-state index in [1.54, 1.807) is 0 Å². The molecule has 0 saturated heterocycles. The zero-order chi connectivity index (χ0) is 8.15. The van der Waals surface area contributed by atoms with Crippen LogP contribution in [0.3, 0.4) is 0 Å². The van der Waals surface area contributed by atoms with Gasteiger partial charge in [-0.05, 0) is 13.8 Å². The Hall–Kier alpha value is -1.18. The van der Waals surface area contributed by atoms with Crippen molar-refractivity contribution in [2.75, 3.05) is 0 Å². The molecular weight excluding hydrogens is 124 g/mol. The van der Waals surface area contributed by atoms with Gasteiger partial charge in [-0.3, -0.25) is 0 Å². The van der Waals surface area contributed by atoms with Gasteiger partial charge in [0, 0.05) is 11.4 Å². The lowest BCUT2D eigenvalue weighted by atomic mass is 10.5. The Bertz CT molecular complexity index is 150. The number of rotatable bonds is 4. The fraction of sp³-hybridized carbons (Fsp3) is 0.250. The average Bonchev–Trinajstić information content (AvgIpc) is 1.58. The highest BCUT2D eigenvalue weighted by Gasteiger charge is 1.89. The molecule has 56 valence electrons. The van der Waals surface area contributed by atoms with E-state index in [1.807, 2.05) is 13.8 Å². The largest absolute Gasteiger partial charge is 0.347 e. The highest BCUT2D eigenvalue weighted by molar-refractivity contribution is 5.05. The zero-order valence-corrected chi connectivity index (χ0v) is 6.62. The van der Waals surface area contributed by atoms with Crippen LogP contribution in [0.15, 0.2) is 37.0 Å². The van der Waals surface area contributed by atoms with Gasteiger partial charge in [-0.15, -0.1) is 0 Å². The van der Waals surface area contributed by atoms with Crippen LogP contribution in [0.25, 0.3) is 0 Å². The van der Waals surface area contributed by atoms with Crippen LogP contribution < -0.4 is 10.6 Å². The van der Waals surface area contributed by atoms with Crippen LogP contribution in [0.5, 0.6) is 0 Å². The van der Waals surface area contributed by atoms with E-state index in [4.69, 9.17) is 0 Å². The lowest BCUT2D eigenvalue weighted by Crippen LogP contribution is -2.21. The molecule has 0 saturated carbocycles. The van der Waals surface area contributed by atoms with Gasteiger partial charge in [0.1, 0.15) is 0 Å². The molecule has 0 aromatic carbocycles. The fourth-order valence-corrected chi connectivity index (χ4v) is 0.546. The molecule has 0 rings (SSSR count). The predicted octanol–water partition coefficient (Wildman–Crippen LogP) is 1.70. The molecule has 0 aromatic heterocycles. The molecule has 10 heavy (non-hydrogen) atoms. The average molecular weight is 138 g/mol. The number of nitrogens with one attached hydrogen (secondary N) is 2. The molecule has 0 atom stereocenters. The standard InChI is InChI=1S/C8H14N2/c1-6(2)9-8(5)10-7(3)4/h9-10H,1,3,5H2,2,4H3. The van der Waals surface area contributed by atoms with Crippen molar-refractivity contribution >= 4 is 0 Å². The van der Waals surface area contributed by atoms with Crippen LogP contribution in [0.2, 0.25) is 0 Å². The molecule has 0 amide bonds. The van der Waals surface area contributed by atoms with Gasteiger partial charge < -0.3 is 10.6 Å². The molecule has 0 aliphatic heterocycles. The number of hydrogen-bond donors (Lipinski definition) is 2. The van der Waals surface area contributed by atoms with E-state index in [9.17, 15) is 0 Å². The molecule has 2 nitrogen and oxygen atoms in total. The molecule has 0 spiro atoms. The molecule has 0 fully saturated rings. The van der Waals surface area contributed by atoms with Gasteiger partial charge in [-0.25, -0.2) is 0 Å². The first kappa shape index (κ1) is 8.82. The van der Waals surface area contributed by atoms with E-state index < -0.39 is 0 Å². The Morgan fingerprint density at radius 1 is 0.900 bits per heavy atom. The maximum absolute atomic E-state index is 3.69. The summed E-state index contributed by atoms with van der Waals surface area (Å²) < 4.78 is 0. The van der Waals surface area contributed by atoms with E-state index in [2.05, 4.69) is 30.4 Å². The number of allylic oxidation sites excluding steroid dienone is 2. The second kappa shape index (κ2) is 3.77. The summed E-state index contributed by atoms with van der Waals surface area (Å²) in [5.41, 5.74) is 1.72. The molecule has 0 bridgehead atoms. The van der Waals surface area contributed by atoms with Gasteiger partial charge in [-0.2, -0.15) is 0 Å². The summed E-state index contributed by atoms with van der Waals surface area (Å²) in [6, 6.07) is 0. The van der Waals surface area contributed by atoms with Crippen LogP contribution in [0.4, 0.5) is 0 Å². The van der Waals surface area contributed by atoms with Crippen molar-refractivity contribution in [3.63, 3.8) is 0 Å². The van der Waals surface area contributed by atoms with Gasteiger partial charge in [0.05, 0.1) is 5.82 Å². The van der Waals surface area contributed by atoms with Crippen LogP contribution in [-0.2, 0) is 0 Å². The van der Waals surface area contributed by atoms with E-state index in [-0.39, 0.29) is 0 Å². The summed E-state index contributed by atoms with van der Waals surface area (Å²) in [6.45, 7) is 14.7. The van der Waals surface area contributed by atoms with Crippen LogP contribution in [-0.4, -0.2) is 0 Å². The Morgan fingerprint density at radius 3 is 1.40 bits per heavy atom. The Labute approximate surface area is 62.3 Å². The summed E-state index contributed by atoms with van der Waals surface area (Å²) in [7, 11) is 0. The van der Waals surface area contributed by atoms with Crippen molar-refractivity contribution in [1.29, 1.82) is 0 Å². The molecule has 0 aliphatic rings. The van der Waals surface area contributed by atoms with Crippen molar-refractivity contribution in [1.82, 2.24) is 10.6 Å². The summed E-state index contributed by atoms with van der Waals surface area (Å²) in [4.78, 5) is 0. The van der Waals surface area contributed by atoms with Crippen LogP contribution in [0, 0.1) is 0 Å². The Kier molecular flexibility index (Phi) is 3.33. The molecule has 0 aromatic rings. The summed E-state index contributed by atoms with van der Waals surface area (Å²) in [5, 5.41) is 5.83. The van der Waals surface area contributed by atoms with Crippen LogP contribution >= 0.6 is 0 Å². The third-order valence-electron chi connectivity index (χ3n) is 0.729. The maximum Gasteiger partial charge on any atom is 0.0996 e. The molecule has 0 unspecified atom stereocenters. The first-order valence-electron chi connectivity index (χ1n) is 3.06. The maximum atomic E-state index is 3.69. The van der Waals surface area contributed by atoms with E-state index in [0.717, 1.165) is 11.4 Å². The van der Waals surface area contributed by atoms with E-state index in [1.165, 1.54) is 0 Å². The second-order valence-electron chi connectivity index (χ2n) is 2.29. The molecular formula is C8H14N2. The first-order chi connectivity index (χ1) is 4.52. The van der Waals surface area contributed by atoms with Gasteiger partial charge in [0.25, 0.3) is 0 Å². The molecule has 0 aliphatic carbocycles. The molecule has 2 heteroatoms. The fourth-order valence-electron chi connectivity index (χ4n) is 0.546. The SMILES string of the molecule is C=C(C)NC(=C)NC(=C)C. The smallest absolute Gasteiger partial charge is 0.0996 e. The minimum Gasteiger partial charge on any atom is -0.347 e. The van der Waals surface area contributed by atoms with Gasteiger partial charge in [0.15, 0.2) is 0 Å². The predicted molar refractivity (Wildman–Crippen MR) is 45.0 cm³/mol. The topological polar surface area (TPSA) is 24.1 Å². The minimum atomic E-state index is 0.708. The molecule has 2 N–H and O–H groups in total. The quantitative estimate of drug-likeness (QED) is 0.618. The zero-order valence-electron chi connectivity index (χ0n) is 6.62. The van der Waals surface area contributed by atoms with Crippen molar-refractivity contribution in [2.45, 2.75) is 13.8 Å². The number of hydrogen-bond acceptors (Lipinski definition) is 2. The summed E-state index contributed by atoms with van der Waals surface area (Å²) >= 11 is 0. The first-order valence-corrected chi connectivity index (χ1v) is 3.06. The van der Waals surface area contributed by atoms with Gasteiger partial charge >= 0.3 is 0 Å². The summed E-state index contributed by atoms with van der Waals surface area (Å²) in [6.07, 6.45) is 0. The highest BCUT2D eigenvalue weighted by Crippen LogP contribution is 1.88. The van der Waals surface area contributed by atoms with Gasteiger partial charge in [-0.1, -0.05) is 19.7 Å². The van der Waals surface area contributed by atoms with Crippen molar-refractivity contribution in [3.05, 3.63) is 37.0 Å². The monoisotopic (exact) mass is 138 g/mol. The Balaban J connectivity index is 3.65. The van der Waals surface area contributed by atoms with Gasteiger partial charge in [0.2, 0.25) is 0 Å². The lowest BCUT2D eigenvalue weighted by Gasteiger charge is -2.10. The third-order valence-corrected chi connectivity index (χ3v) is 0.729. The normalized spacial score (nSPS) is 8.20. The highest BCUT2D eigenvalue weighted by atomic mass is 15.1. The van der Waals surface area contributed by atoms with E-state index >= 15 is 0 Å². The molecule has 0 heterocycles. The van der Waals surface area contributed by atoms with E-state index in [0.29, 0.717) is 5.82 Å². The summed E-state index contributed by atoms with van der Waals surface area (Å²) in [5.74, 6) is 0.708. The van der Waals surface area contributed by atoms with Crippen LogP contribution in [0.1, 0.15) is 13.8 Å².